The number of rotatable bonds is 2. The molecule has 0 bridgehead atoms. The quantitative estimate of drug-likeness (QED) is 0.853. The fourth-order valence-electron chi connectivity index (χ4n) is 3.93. The number of sulfone groups is 1. The minimum absolute atomic E-state index is 0.0928. The number of hydrogen-bond donors (Lipinski definition) is 1. The maximum Gasteiger partial charge on any atom is 0.259 e. The van der Waals surface area contributed by atoms with Gasteiger partial charge in [-0.3, -0.25) is 9.59 Å². The highest BCUT2D eigenvalue weighted by atomic mass is 32.2. The lowest BCUT2D eigenvalue weighted by molar-refractivity contribution is -0.00850. The zero-order chi connectivity index (χ0) is 18.5. The van der Waals surface area contributed by atoms with E-state index in [1.54, 1.807) is 30.2 Å². The van der Waals surface area contributed by atoms with Crippen molar-refractivity contribution in [3.8, 4) is 5.75 Å². The Morgan fingerprint density at radius 1 is 1.23 bits per heavy atom. The molecule has 2 saturated heterocycles. The first kappa shape index (κ1) is 17.1. The van der Waals surface area contributed by atoms with Gasteiger partial charge in [0.1, 0.15) is 21.2 Å². The van der Waals surface area contributed by atoms with Crippen LogP contribution in [-0.2, 0) is 9.84 Å². The van der Waals surface area contributed by atoms with Crippen molar-refractivity contribution in [3.63, 3.8) is 0 Å². The third-order valence-electron chi connectivity index (χ3n) is 5.69. The molecule has 4 rings (SSSR count). The minimum Gasteiger partial charge on any atom is -0.497 e. The summed E-state index contributed by atoms with van der Waals surface area (Å²) in [6.45, 7) is 0.555. The van der Waals surface area contributed by atoms with Crippen molar-refractivity contribution >= 4 is 26.6 Å². The molecule has 1 aromatic heterocycles. The number of carbonyl (C=O) groups excluding carboxylic acids is 1. The number of benzene rings is 1. The SMILES string of the molecule is COc1ccc2c(=O)c(C(=O)N3CCC34CCS(=O)(=O)CC4)c[nH]c2c1. The Balaban J connectivity index is 1.67. The van der Waals surface area contributed by atoms with E-state index in [0.717, 1.165) is 6.42 Å². The Kier molecular flexibility index (Phi) is 3.83. The molecule has 7 nitrogen and oxygen atoms in total. The lowest BCUT2D eigenvalue weighted by atomic mass is 9.79. The van der Waals surface area contributed by atoms with Crippen LogP contribution in [0.2, 0.25) is 0 Å². The van der Waals surface area contributed by atoms with E-state index in [1.807, 2.05) is 0 Å². The number of fused-ring (bicyclic) bond motifs is 1. The maximum atomic E-state index is 13.0. The first-order valence-corrected chi connectivity index (χ1v) is 10.4. The first-order valence-electron chi connectivity index (χ1n) is 8.57. The van der Waals surface area contributed by atoms with Crippen LogP contribution in [0.15, 0.2) is 29.2 Å². The van der Waals surface area contributed by atoms with Crippen LogP contribution in [0.4, 0.5) is 0 Å². The molecule has 0 atom stereocenters. The van der Waals surface area contributed by atoms with Crippen molar-refractivity contribution in [2.75, 3.05) is 25.2 Å². The Morgan fingerprint density at radius 3 is 2.58 bits per heavy atom. The van der Waals surface area contributed by atoms with Crippen molar-refractivity contribution < 1.29 is 17.9 Å². The Hall–Kier alpha value is -2.35. The highest BCUT2D eigenvalue weighted by Gasteiger charge is 2.50. The van der Waals surface area contributed by atoms with Gasteiger partial charge in [-0.05, 0) is 31.4 Å². The van der Waals surface area contributed by atoms with Crippen LogP contribution in [0.25, 0.3) is 10.9 Å². The van der Waals surface area contributed by atoms with Gasteiger partial charge in [0.15, 0.2) is 0 Å². The van der Waals surface area contributed by atoms with E-state index in [-0.39, 0.29) is 28.4 Å². The first-order chi connectivity index (χ1) is 12.4. The van der Waals surface area contributed by atoms with Crippen LogP contribution in [0.5, 0.6) is 5.75 Å². The van der Waals surface area contributed by atoms with Crippen molar-refractivity contribution in [3.05, 3.63) is 40.2 Å². The summed E-state index contributed by atoms with van der Waals surface area (Å²) in [4.78, 5) is 30.4. The molecule has 1 spiro atoms. The molecule has 26 heavy (non-hydrogen) atoms. The Labute approximate surface area is 150 Å². The number of methoxy groups -OCH3 is 1. The predicted octanol–water partition coefficient (Wildman–Crippen LogP) is 1.33. The molecular weight excluding hydrogens is 356 g/mol. The number of pyridine rings is 1. The van der Waals surface area contributed by atoms with Gasteiger partial charge in [0.25, 0.3) is 5.91 Å². The van der Waals surface area contributed by atoms with E-state index < -0.39 is 15.4 Å². The van der Waals surface area contributed by atoms with Gasteiger partial charge in [0.2, 0.25) is 5.43 Å². The van der Waals surface area contributed by atoms with Gasteiger partial charge in [-0.25, -0.2) is 8.42 Å². The van der Waals surface area contributed by atoms with Crippen LogP contribution in [-0.4, -0.2) is 54.9 Å². The summed E-state index contributed by atoms with van der Waals surface area (Å²) in [5.74, 6) is 0.502. The standard InChI is InChI=1S/C18H20N2O5S/c1-25-12-2-3-13-15(10-12)19-11-14(16(13)21)17(22)20-7-4-18(20)5-8-26(23,24)9-6-18/h2-3,10-11H,4-9H2,1H3,(H,19,21). The molecule has 0 radical (unpaired) electrons. The average Bonchev–Trinajstić information content (AvgIpc) is 2.60. The number of aromatic nitrogens is 1. The molecule has 2 fully saturated rings. The number of likely N-dealkylation sites (tertiary alicyclic amines) is 1. The molecule has 1 N–H and O–H groups in total. The van der Waals surface area contributed by atoms with Crippen LogP contribution >= 0.6 is 0 Å². The summed E-state index contributed by atoms with van der Waals surface area (Å²) in [6.07, 6.45) is 3.13. The third-order valence-corrected chi connectivity index (χ3v) is 7.35. The zero-order valence-electron chi connectivity index (χ0n) is 14.4. The molecule has 1 aromatic carbocycles. The Bertz CT molecular complexity index is 1040. The van der Waals surface area contributed by atoms with Crippen LogP contribution in [0, 0.1) is 0 Å². The number of hydrogen-bond acceptors (Lipinski definition) is 5. The molecule has 0 aliphatic carbocycles. The molecule has 138 valence electrons. The van der Waals surface area contributed by atoms with Gasteiger partial charge < -0.3 is 14.6 Å². The van der Waals surface area contributed by atoms with Crippen molar-refractivity contribution in [2.45, 2.75) is 24.8 Å². The predicted molar refractivity (Wildman–Crippen MR) is 97.4 cm³/mol. The summed E-state index contributed by atoms with van der Waals surface area (Å²) in [6, 6.07) is 5.04. The van der Waals surface area contributed by atoms with Gasteiger partial charge in [0, 0.05) is 29.7 Å². The normalized spacial score (nSPS) is 20.7. The second-order valence-electron chi connectivity index (χ2n) is 7.03. The maximum absolute atomic E-state index is 13.0. The zero-order valence-corrected chi connectivity index (χ0v) is 15.3. The van der Waals surface area contributed by atoms with E-state index in [0.29, 0.717) is 36.0 Å². The van der Waals surface area contributed by atoms with Gasteiger partial charge in [0.05, 0.1) is 24.1 Å². The van der Waals surface area contributed by atoms with Crippen molar-refractivity contribution in [1.29, 1.82) is 0 Å². The minimum atomic E-state index is -3.01. The Morgan fingerprint density at radius 2 is 1.96 bits per heavy atom. The summed E-state index contributed by atoms with van der Waals surface area (Å²) < 4.78 is 28.6. The largest absolute Gasteiger partial charge is 0.497 e. The van der Waals surface area contributed by atoms with Gasteiger partial charge in [-0.2, -0.15) is 0 Å². The smallest absolute Gasteiger partial charge is 0.259 e. The fraction of sp³-hybridized carbons (Fsp3) is 0.444. The molecule has 8 heteroatoms. The summed E-state index contributed by atoms with van der Waals surface area (Å²) in [5, 5.41) is 0.428. The lowest BCUT2D eigenvalue weighted by Crippen LogP contribution is -2.65. The second kappa shape index (κ2) is 5.84. The second-order valence-corrected chi connectivity index (χ2v) is 9.33. The molecule has 0 unspecified atom stereocenters. The number of H-pyrrole nitrogens is 1. The fourth-order valence-corrected chi connectivity index (χ4v) is 5.51. The molecule has 2 aliphatic rings. The molecule has 3 heterocycles. The van der Waals surface area contributed by atoms with Gasteiger partial charge in [-0.1, -0.05) is 0 Å². The molecule has 2 aliphatic heterocycles. The molecule has 2 aromatic rings. The number of nitrogens with one attached hydrogen (secondary N) is 1. The topological polar surface area (TPSA) is 96.5 Å². The molecular formula is C18H20N2O5S. The average molecular weight is 376 g/mol. The van der Waals surface area contributed by atoms with Crippen LogP contribution in [0.1, 0.15) is 29.6 Å². The third kappa shape index (κ3) is 2.59. The summed E-state index contributed by atoms with van der Waals surface area (Å²) >= 11 is 0. The molecule has 0 saturated carbocycles. The van der Waals surface area contributed by atoms with Gasteiger partial charge >= 0.3 is 0 Å². The van der Waals surface area contributed by atoms with Gasteiger partial charge in [-0.15, -0.1) is 0 Å². The number of carbonyl (C=O) groups is 1. The molecule has 1 amide bonds. The number of ether oxygens (including phenoxy) is 1. The monoisotopic (exact) mass is 376 g/mol. The highest BCUT2D eigenvalue weighted by molar-refractivity contribution is 7.91. The number of nitrogens with zero attached hydrogens (tertiary/aromatic N) is 1. The van der Waals surface area contributed by atoms with E-state index in [4.69, 9.17) is 4.74 Å². The summed E-state index contributed by atoms with van der Waals surface area (Å²) in [5.41, 5.74) is -0.0380. The number of amides is 1. The van der Waals surface area contributed by atoms with E-state index in [2.05, 4.69) is 4.98 Å². The lowest BCUT2D eigenvalue weighted by Gasteiger charge is -2.54. The van der Waals surface area contributed by atoms with E-state index in [1.165, 1.54) is 6.20 Å². The summed E-state index contributed by atoms with van der Waals surface area (Å²) in [7, 11) is -1.46. The van der Waals surface area contributed by atoms with Crippen LogP contribution < -0.4 is 10.2 Å². The van der Waals surface area contributed by atoms with E-state index >= 15 is 0 Å². The van der Waals surface area contributed by atoms with E-state index in [9.17, 15) is 18.0 Å². The van der Waals surface area contributed by atoms with Crippen molar-refractivity contribution in [1.82, 2.24) is 9.88 Å². The number of aromatic amines is 1. The highest BCUT2D eigenvalue weighted by Crippen LogP contribution is 2.41. The van der Waals surface area contributed by atoms with Crippen molar-refractivity contribution in [2.24, 2.45) is 0 Å². The van der Waals surface area contributed by atoms with Crippen LogP contribution in [0.3, 0.4) is 0 Å².